The van der Waals surface area contributed by atoms with Gasteiger partial charge >= 0.3 is 0 Å². The molecule has 0 aliphatic heterocycles. The molecule has 5 heteroatoms. The van der Waals surface area contributed by atoms with Crippen molar-refractivity contribution < 1.29 is 4.42 Å². The SMILES string of the molecule is c1coc(-c2nnc(CCCNC3CC3)s2)c1. The third-order valence-electron chi connectivity index (χ3n) is 2.78. The molecule has 0 aromatic carbocycles. The second kappa shape index (κ2) is 4.98. The summed E-state index contributed by atoms with van der Waals surface area (Å²) in [5.41, 5.74) is 0. The van der Waals surface area contributed by atoms with Gasteiger partial charge in [0, 0.05) is 12.5 Å². The van der Waals surface area contributed by atoms with Gasteiger partial charge in [-0.1, -0.05) is 11.3 Å². The van der Waals surface area contributed by atoms with Gasteiger partial charge in [0.05, 0.1) is 6.26 Å². The number of hydrogen-bond donors (Lipinski definition) is 1. The van der Waals surface area contributed by atoms with Crippen LogP contribution in [-0.4, -0.2) is 22.8 Å². The van der Waals surface area contributed by atoms with Crippen LogP contribution in [-0.2, 0) is 6.42 Å². The van der Waals surface area contributed by atoms with Crippen LogP contribution in [0.25, 0.3) is 10.8 Å². The standard InChI is InChI=1S/C12H15N3OS/c1(7-13-9-5-6-9)4-11-14-15-12(17-11)10-3-2-8-16-10/h2-3,8-9,13H,1,4-7H2. The Kier molecular flexibility index (Phi) is 3.20. The average molecular weight is 249 g/mol. The van der Waals surface area contributed by atoms with E-state index in [1.54, 1.807) is 17.6 Å². The molecule has 4 nitrogen and oxygen atoms in total. The maximum Gasteiger partial charge on any atom is 0.183 e. The Hall–Kier alpha value is -1.20. The lowest BCUT2D eigenvalue weighted by Crippen LogP contribution is -2.17. The largest absolute Gasteiger partial charge is 0.462 e. The predicted octanol–water partition coefficient (Wildman–Crippen LogP) is 2.48. The van der Waals surface area contributed by atoms with Gasteiger partial charge in [-0.15, -0.1) is 10.2 Å². The minimum Gasteiger partial charge on any atom is -0.462 e. The fourth-order valence-electron chi connectivity index (χ4n) is 1.69. The van der Waals surface area contributed by atoms with Crippen LogP contribution >= 0.6 is 11.3 Å². The molecule has 2 heterocycles. The third kappa shape index (κ3) is 2.92. The van der Waals surface area contributed by atoms with Crippen LogP contribution in [0.1, 0.15) is 24.3 Å². The molecule has 1 N–H and O–H groups in total. The first-order valence-electron chi connectivity index (χ1n) is 6.01. The molecule has 1 aliphatic rings. The Bertz CT molecular complexity index is 462. The first-order chi connectivity index (χ1) is 8.42. The number of furan rings is 1. The summed E-state index contributed by atoms with van der Waals surface area (Å²) in [6, 6.07) is 4.58. The molecule has 3 rings (SSSR count). The van der Waals surface area contributed by atoms with Gasteiger partial charge in [0.15, 0.2) is 10.8 Å². The van der Waals surface area contributed by atoms with E-state index in [4.69, 9.17) is 4.42 Å². The minimum absolute atomic E-state index is 0.795. The number of nitrogens with one attached hydrogen (secondary N) is 1. The first-order valence-corrected chi connectivity index (χ1v) is 6.83. The van der Waals surface area contributed by atoms with Crippen LogP contribution in [0.4, 0.5) is 0 Å². The van der Waals surface area contributed by atoms with Crippen molar-refractivity contribution in [2.24, 2.45) is 0 Å². The molecule has 1 saturated carbocycles. The number of rotatable bonds is 6. The zero-order valence-electron chi connectivity index (χ0n) is 9.56. The Morgan fingerprint density at radius 1 is 1.41 bits per heavy atom. The highest BCUT2D eigenvalue weighted by molar-refractivity contribution is 7.14. The molecule has 0 atom stereocenters. The van der Waals surface area contributed by atoms with Crippen LogP contribution < -0.4 is 5.32 Å². The van der Waals surface area contributed by atoms with Gasteiger partial charge in [-0.05, 0) is 37.9 Å². The van der Waals surface area contributed by atoms with Crippen molar-refractivity contribution in [3.05, 3.63) is 23.4 Å². The lowest BCUT2D eigenvalue weighted by Gasteiger charge is -1.99. The lowest BCUT2D eigenvalue weighted by molar-refractivity contribution is 0.581. The molecule has 2 aromatic heterocycles. The molecule has 0 amide bonds. The molecule has 17 heavy (non-hydrogen) atoms. The molecular weight excluding hydrogens is 234 g/mol. The van der Waals surface area contributed by atoms with Crippen molar-refractivity contribution in [1.82, 2.24) is 15.5 Å². The number of hydrogen-bond acceptors (Lipinski definition) is 5. The van der Waals surface area contributed by atoms with E-state index in [1.165, 1.54) is 12.8 Å². The van der Waals surface area contributed by atoms with E-state index in [1.807, 2.05) is 12.1 Å². The molecule has 2 aromatic rings. The smallest absolute Gasteiger partial charge is 0.183 e. The Morgan fingerprint density at radius 3 is 3.12 bits per heavy atom. The molecule has 0 bridgehead atoms. The topological polar surface area (TPSA) is 51.0 Å². The van der Waals surface area contributed by atoms with E-state index in [2.05, 4.69) is 15.5 Å². The van der Waals surface area contributed by atoms with E-state index in [0.29, 0.717) is 0 Å². The molecule has 1 aliphatic carbocycles. The lowest BCUT2D eigenvalue weighted by atomic mass is 10.3. The predicted molar refractivity (Wildman–Crippen MR) is 67.0 cm³/mol. The number of aromatic nitrogens is 2. The summed E-state index contributed by atoms with van der Waals surface area (Å²) < 4.78 is 5.29. The van der Waals surface area contributed by atoms with Crippen LogP contribution in [0.3, 0.4) is 0 Å². The van der Waals surface area contributed by atoms with Gasteiger partial charge < -0.3 is 9.73 Å². The molecule has 0 saturated heterocycles. The summed E-state index contributed by atoms with van der Waals surface area (Å²) in [6.07, 6.45) is 6.49. The monoisotopic (exact) mass is 249 g/mol. The van der Waals surface area contributed by atoms with E-state index in [-0.39, 0.29) is 0 Å². The minimum atomic E-state index is 0.795. The second-order valence-corrected chi connectivity index (χ2v) is 5.37. The maximum absolute atomic E-state index is 5.29. The highest BCUT2D eigenvalue weighted by Gasteiger charge is 2.19. The van der Waals surface area contributed by atoms with Gasteiger partial charge in [0.1, 0.15) is 5.01 Å². The highest BCUT2D eigenvalue weighted by atomic mass is 32.1. The van der Waals surface area contributed by atoms with E-state index < -0.39 is 0 Å². The Morgan fingerprint density at radius 2 is 2.35 bits per heavy atom. The fraction of sp³-hybridized carbons (Fsp3) is 0.500. The first kappa shape index (κ1) is 10.9. The van der Waals surface area contributed by atoms with E-state index in [9.17, 15) is 0 Å². The number of aryl methyl sites for hydroxylation is 1. The summed E-state index contributed by atoms with van der Waals surface area (Å²) in [7, 11) is 0. The van der Waals surface area contributed by atoms with Crippen molar-refractivity contribution in [3.63, 3.8) is 0 Å². The number of nitrogens with zero attached hydrogens (tertiary/aromatic N) is 2. The van der Waals surface area contributed by atoms with Crippen molar-refractivity contribution in [3.8, 4) is 10.8 Å². The molecule has 1 fully saturated rings. The van der Waals surface area contributed by atoms with Gasteiger partial charge in [0.2, 0.25) is 0 Å². The zero-order chi connectivity index (χ0) is 11.5. The summed E-state index contributed by atoms with van der Waals surface area (Å²) >= 11 is 1.62. The van der Waals surface area contributed by atoms with Crippen molar-refractivity contribution >= 4 is 11.3 Å². The van der Waals surface area contributed by atoms with Crippen molar-refractivity contribution in [2.75, 3.05) is 6.54 Å². The molecule has 90 valence electrons. The highest BCUT2D eigenvalue weighted by Crippen LogP contribution is 2.24. The molecule has 0 unspecified atom stereocenters. The van der Waals surface area contributed by atoms with E-state index in [0.717, 1.165) is 41.2 Å². The fourth-order valence-corrected chi connectivity index (χ4v) is 2.54. The Balaban J connectivity index is 1.50. The van der Waals surface area contributed by atoms with Gasteiger partial charge in [-0.3, -0.25) is 0 Å². The van der Waals surface area contributed by atoms with Crippen LogP contribution in [0.15, 0.2) is 22.8 Å². The van der Waals surface area contributed by atoms with E-state index >= 15 is 0 Å². The quantitative estimate of drug-likeness (QED) is 0.799. The average Bonchev–Trinajstić information content (AvgIpc) is 2.84. The summed E-state index contributed by atoms with van der Waals surface area (Å²) in [4.78, 5) is 0. The normalized spacial score (nSPS) is 15.3. The van der Waals surface area contributed by atoms with Crippen LogP contribution in [0, 0.1) is 0 Å². The summed E-state index contributed by atoms with van der Waals surface area (Å²) in [6.45, 7) is 1.08. The van der Waals surface area contributed by atoms with Crippen molar-refractivity contribution in [1.29, 1.82) is 0 Å². The molecular formula is C12H15N3OS. The second-order valence-electron chi connectivity index (χ2n) is 4.31. The third-order valence-corrected chi connectivity index (χ3v) is 3.77. The van der Waals surface area contributed by atoms with Gasteiger partial charge in [-0.25, -0.2) is 0 Å². The maximum atomic E-state index is 5.29. The Labute approximate surface area is 104 Å². The van der Waals surface area contributed by atoms with Crippen LogP contribution in [0.5, 0.6) is 0 Å². The van der Waals surface area contributed by atoms with Gasteiger partial charge in [0.25, 0.3) is 0 Å². The van der Waals surface area contributed by atoms with Crippen molar-refractivity contribution in [2.45, 2.75) is 31.7 Å². The van der Waals surface area contributed by atoms with Gasteiger partial charge in [-0.2, -0.15) is 0 Å². The summed E-state index contributed by atoms with van der Waals surface area (Å²) in [5, 5.41) is 13.8. The zero-order valence-corrected chi connectivity index (χ0v) is 10.4. The van der Waals surface area contributed by atoms with Crippen LogP contribution in [0.2, 0.25) is 0 Å². The summed E-state index contributed by atoms with van der Waals surface area (Å²) in [5.74, 6) is 0.810. The molecule has 0 spiro atoms. The molecule has 0 radical (unpaired) electrons.